The van der Waals surface area contributed by atoms with Crippen molar-refractivity contribution in [2.24, 2.45) is 0 Å². The first-order valence-corrected chi connectivity index (χ1v) is 9.32. The van der Waals surface area contributed by atoms with E-state index in [1.54, 1.807) is 0 Å². The SMILES string of the molecule is C[C@@H]1CN[C@H](C)CN[C@@H](C)CNC2CCCCC2NCCN1. The molecule has 5 nitrogen and oxygen atoms in total. The Kier molecular flexibility index (Phi) is 8.11. The second-order valence-corrected chi connectivity index (χ2v) is 7.33. The van der Waals surface area contributed by atoms with Gasteiger partial charge in [0.05, 0.1) is 0 Å². The van der Waals surface area contributed by atoms with Gasteiger partial charge in [-0.3, -0.25) is 0 Å². The summed E-state index contributed by atoms with van der Waals surface area (Å²) in [5, 5.41) is 18.4. The second kappa shape index (κ2) is 9.83. The smallest absolute Gasteiger partial charge is 0.0221 e. The molecule has 1 saturated carbocycles. The van der Waals surface area contributed by atoms with E-state index in [-0.39, 0.29) is 0 Å². The number of hydrogen-bond acceptors (Lipinski definition) is 5. The lowest BCUT2D eigenvalue weighted by Gasteiger charge is -2.34. The molecule has 1 aliphatic carbocycles. The van der Waals surface area contributed by atoms with Crippen LogP contribution in [0.2, 0.25) is 0 Å². The highest BCUT2D eigenvalue weighted by Crippen LogP contribution is 2.18. The van der Waals surface area contributed by atoms with Gasteiger partial charge in [0, 0.05) is 62.9 Å². The maximum absolute atomic E-state index is 3.80. The maximum Gasteiger partial charge on any atom is 0.0221 e. The molecular formula is C17H37N5. The van der Waals surface area contributed by atoms with Crippen LogP contribution in [-0.4, -0.2) is 62.9 Å². The lowest BCUT2D eigenvalue weighted by Crippen LogP contribution is -2.53. The summed E-state index contributed by atoms with van der Waals surface area (Å²) in [5.41, 5.74) is 0. The highest BCUT2D eigenvalue weighted by Gasteiger charge is 2.24. The first-order valence-electron chi connectivity index (χ1n) is 9.32. The van der Waals surface area contributed by atoms with Crippen LogP contribution < -0.4 is 26.6 Å². The average Bonchev–Trinajstić information content (AvgIpc) is 2.53. The Morgan fingerprint density at radius 2 is 1.00 bits per heavy atom. The van der Waals surface area contributed by atoms with E-state index < -0.39 is 0 Å². The third-order valence-corrected chi connectivity index (χ3v) is 5.02. The largest absolute Gasteiger partial charge is 0.312 e. The topological polar surface area (TPSA) is 60.1 Å². The van der Waals surface area contributed by atoms with Gasteiger partial charge in [-0.2, -0.15) is 0 Å². The molecule has 0 radical (unpaired) electrons. The Morgan fingerprint density at radius 1 is 0.545 bits per heavy atom. The monoisotopic (exact) mass is 311 g/mol. The zero-order chi connectivity index (χ0) is 15.8. The van der Waals surface area contributed by atoms with Crippen molar-refractivity contribution in [2.75, 3.05) is 32.7 Å². The molecule has 22 heavy (non-hydrogen) atoms. The number of nitrogens with one attached hydrogen (secondary N) is 5. The Morgan fingerprint density at radius 3 is 1.64 bits per heavy atom. The third-order valence-electron chi connectivity index (χ3n) is 5.02. The molecule has 1 saturated heterocycles. The molecule has 2 unspecified atom stereocenters. The summed E-state index contributed by atoms with van der Waals surface area (Å²) in [7, 11) is 0. The predicted octanol–water partition coefficient (Wildman–Crippen LogP) is 0.425. The molecule has 5 heteroatoms. The van der Waals surface area contributed by atoms with E-state index in [1.807, 2.05) is 0 Å². The molecule has 1 aliphatic heterocycles. The van der Waals surface area contributed by atoms with Gasteiger partial charge in [0.25, 0.3) is 0 Å². The molecule has 0 aromatic rings. The predicted molar refractivity (Wildman–Crippen MR) is 94.4 cm³/mol. The summed E-state index contributed by atoms with van der Waals surface area (Å²) in [6.07, 6.45) is 5.36. The van der Waals surface area contributed by atoms with Gasteiger partial charge in [0.15, 0.2) is 0 Å². The van der Waals surface area contributed by atoms with E-state index in [4.69, 9.17) is 0 Å². The lowest BCUT2D eigenvalue weighted by atomic mass is 9.90. The van der Waals surface area contributed by atoms with Crippen LogP contribution in [0.1, 0.15) is 46.5 Å². The quantitative estimate of drug-likeness (QED) is 0.449. The van der Waals surface area contributed by atoms with E-state index in [9.17, 15) is 0 Å². The summed E-state index contributed by atoms with van der Waals surface area (Å²) >= 11 is 0. The molecule has 0 aromatic heterocycles. The lowest BCUT2D eigenvalue weighted by molar-refractivity contribution is 0.277. The molecule has 130 valence electrons. The first kappa shape index (κ1) is 18.1. The summed E-state index contributed by atoms with van der Waals surface area (Å²) in [4.78, 5) is 0. The highest BCUT2D eigenvalue weighted by atomic mass is 15.1. The molecule has 0 bridgehead atoms. The van der Waals surface area contributed by atoms with Gasteiger partial charge in [0.2, 0.25) is 0 Å². The van der Waals surface area contributed by atoms with Crippen molar-refractivity contribution in [1.82, 2.24) is 26.6 Å². The zero-order valence-electron chi connectivity index (χ0n) is 14.8. The molecule has 0 spiro atoms. The van der Waals surface area contributed by atoms with Crippen molar-refractivity contribution >= 4 is 0 Å². The van der Waals surface area contributed by atoms with Crippen molar-refractivity contribution in [1.29, 1.82) is 0 Å². The molecular weight excluding hydrogens is 274 g/mol. The molecule has 0 amide bonds. The molecule has 0 aromatic carbocycles. The number of hydrogen-bond donors (Lipinski definition) is 5. The van der Waals surface area contributed by atoms with Crippen molar-refractivity contribution in [3.05, 3.63) is 0 Å². The van der Waals surface area contributed by atoms with Gasteiger partial charge in [-0.1, -0.05) is 12.8 Å². The Labute approximate surface area is 136 Å². The molecule has 2 aliphatic rings. The van der Waals surface area contributed by atoms with Crippen LogP contribution in [0, 0.1) is 0 Å². The van der Waals surface area contributed by atoms with Gasteiger partial charge >= 0.3 is 0 Å². The maximum atomic E-state index is 3.80. The van der Waals surface area contributed by atoms with Crippen molar-refractivity contribution < 1.29 is 0 Å². The number of rotatable bonds is 0. The first-order chi connectivity index (χ1) is 10.6. The van der Waals surface area contributed by atoms with Crippen LogP contribution in [0.25, 0.3) is 0 Å². The minimum atomic E-state index is 0.511. The van der Waals surface area contributed by atoms with Crippen LogP contribution in [0.15, 0.2) is 0 Å². The Bertz CT molecular complexity index is 299. The highest BCUT2D eigenvalue weighted by molar-refractivity contribution is 4.87. The minimum absolute atomic E-state index is 0.511. The zero-order valence-corrected chi connectivity index (χ0v) is 14.8. The average molecular weight is 312 g/mol. The second-order valence-electron chi connectivity index (χ2n) is 7.33. The van der Waals surface area contributed by atoms with E-state index >= 15 is 0 Å². The summed E-state index contributed by atoms with van der Waals surface area (Å²) < 4.78 is 0. The Hall–Kier alpha value is -0.200. The fraction of sp³-hybridized carbons (Fsp3) is 1.00. The molecule has 1 heterocycles. The molecule has 2 fully saturated rings. The van der Waals surface area contributed by atoms with E-state index in [0.717, 1.165) is 32.7 Å². The molecule has 5 atom stereocenters. The fourth-order valence-corrected chi connectivity index (χ4v) is 3.50. The normalized spacial score (nSPS) is 40.2. The van der Waals surface area contributed by atoms with Gasteiger partial charge in [-0.15, -0.1) is 0 Å². The van der Waals surface area contributed by atoms with Crippen molar-refractivity contribution in [3.8, 4) is 0 Å². The van der Waals surface area contributed by atoms with Crippen molar-refractivity contribution in [3.63, 3.8) is 0 Å². The summed E-state index contributed by atoms with van der Waals surface area (Å²) in [6, 6.07) is 2.83. The summed E-state index contributed by atoms with van der Waals surface area (Å²) in [6.45, 7) is 12.0. The van der Waals surface area contributed by atoms with Crippen molar-refractivity contribution in [2.45, 2.75) is 76.7 Å². The van der Waals surface area contributed by atoms with Gasteiger partial charge in [-0.25, -0.2) is 0 Å². The fourth-order valence-electron chi connectivity index (χ4n) is 3.50. The van der Waals surface area contributed by atoms with E-state index in [2.05, 4.69) is 47.4 Å². The van der Waals surface area contributed by atoms with Crippen LogP contribution >= 0.6 is 0 Å². The van der Waals surface area contributed by atoms with Gasteiger partial charge in [0.1, 0.15) is 0 Å². The van der Waals surface area contributed by atoms with E-state index in [1.165, 1.54) is 25.7 Å². The van der Waals surface area contributed by atoms with Crippen LogP contribution in [0.5, 0.6) is 0 Å². The molecule has 2 rings (SSSR count). The van der Waals surface area contributed by atoms with Gasteiger partial charge in [-0.05, 0) is 33.6 Å². The van der Waals surface area contributed by atoms with E-state index in [0.29, 0.717) is 30.2 Å². The standard InChI is InChI=1S/C17H37N5/c1-13-10-20-14(2)11-21-15(3)12-22-17-7-5-4-6-16(17)19-9-8-18-13/h13-22H,4-12H2,1-3H3/t13-,14-,15+,16?,17?/m1/s1. The third kappa shape index (κ3) is 6.50. The minimum Gasteiger partial charge on any atom is -0.312 e. The Balaban J connectivity index is 1.87. The van der Waals surface area contributed by atoms with Gasteiger partial charge < -0.3 is 26.6 Å². The summed E-state index contributed by atoms with van der Waals surface area (Å²) in [5.74, 6) is 0. The van der Waals surface area contributed by atoms with Crippen LogP contribution in [0.3, 0.4) is 0 Å². The molecule has 5 N–H and O–H groups in total. The van der Waals surface area contributed by atoms with Crippen LogP contribution in [0.4, 0.5) is 0 Å². The number of fused-ring (bicyclic) bond motifs is 1. The van der Waals surface area contributed by atoms with Crippen LogP contribution in [-0.2, 0) is 0 Å².